The average Bonchev–Trinajstić information content (AvgIpc) is 3.22. The van der Waals surface area contributed by atoms with E-state index in [9.17, 15) is 0 Å². The van der Waals surface area contributed by atoms with Crippen LogP contribution in [-0.4, -0.2) is 28.3 Å². The van der Waals surface area contributed by atoms with Crippen molar-refractivity contribution in [2.24, 2.45) is 0 Å². The van der Waals surface area contributed by atoms with Crippen molar-refractivity contribution >= 4 is 22.7 Å². The summed E-state index contributed by atoms with van der Waals surface area (Å²) in [6, 6.07) is 4.08. The summed E-state index contributed by atoms with van der Waals surface area (Å²) >= 11 is 3.27. The van der Waals surface area contributed by atoms with E-state index in [1.54, 1.807) is 22.7 Å². The third kappa shape index (κ3) is 2.17. The molecule has 0 spiro atoms. The van der Waals surface area contributed by atoms with Crippen molar-refractivity contribution in [2.45, 2.75) is 12.3 Å². The first-order valence-corrected chi connectivity index (χ1v) is 8.07. The number of thiophene rings is 1. The molecule has 7 heteroatoms. The highest BCUT2D eigenvalue weighted by Crippen LogP contribution is 2.31. The van der Waals surface area contributed by atoms with Crippen LogP contribution in [0.5, 0.6) is 0 Å². The van der Waals surface area contributed by atoms with Crippen LogP contribution >= 0.6 is 22.7 Å². The minimum absolute atomic E-state index is 0.253. The molecular weight excluding hydrogens is 294 g/mol. The molecule has 0 amide bonds. The average molecular weight is 305 g/mol. The first-order valence-electron chi connectivity index (χ1n) is 6.31. The Labute approximate surface area is 123 Å². The summed E-state index contributed by atoms with van der Waals surface area (Å²) in [5.41, 5.74) is 0.746. The minimum Gasteiger partial charge on any atom is -0.381 e. The number of aromatic nitrogens is 3. The summed E-state index contributed by atoms with van der Waals surface area (Å²) < 4.78 is 10.7. The van der Waals surface area contributed by atoms with E-state index in [-0.39, 0.29) is 5.92 Å². The summed E-state index contributed by atoms with van der Waals surface area (Å²) in [7, 11) is 0. The topological polar surface area (TPSA) is 61.0 Å². The highest BCUT2D eigenvalue weighted by atomic mass is 32.1. The summed E-state index contributed by atoms with van der Waals surface area (Å²) in [6.45, 7) is 1.45. The Morgan fingerprint density at radius 1 is 1.25 bits per heavy atom. The van der Waals surface area contributed by atoms with Gasteiger partial charge in [0.15, 0.2) is 5.82 Å². The summed E-state index contributed by atoms with van der Waals surface area (Å²) in [6.07, 6.45) is 0.955. The SMILES string of the molecule is c1csc(-c2nc(-c3nc([C@@H]4CCOC4)no3)cs2)c1. The second-order valence-electron chi connectivity index (χ2n) is 4.53. The summed E-state index contributed by atoms with van der Waals surface area (Å²) in [5, 5.41) is 9.03. The molecule has 0 unspecified atom stereocenters. The second-order valence-corrected chi connectivity index (χ2v) is 6.34. The van der Waals surface area contributed by atoms with Crippen LogP contribution in [0.3, 0.4) is 0 Å². The van der Waals surface area contributed by atoms with Crippen LogP contribution in [-0.2, 0) is 4.74 Å². The predicted molar refractivity (Wildman–Crippen MR) is 76.9 cm³/mol. The molecule has 0 aromatic carbocycles. The van der Waals surface area contributed by atoms with Gasteiger partial charge < -0.3 is 9.26 Å². The summed E-state index contributed by atoms with van der Waals surface area (Å²) in [5.74, 6) is 1.47. The van der Waals surface area contributed by atoms with Crippen LogP contribution in [0, 0.1) is 0 Å². The molecule has 102 valence electrons. The van der Waals surface area contributed by atoms with Crippen LogP contribution in [0.1, 0.15) is 18.2 Å². The fourth-order valence-corrected chi connectivity index (χ4v) is 3.74. The predicted octanol–water partition coefficient (Wildman–Crippen LogP) is 3.43. The van der Waals surface area contributed by atoms with Gasteiger partial charge in [0.2, 0.25) is 0 Å². The molecule has 0 saturated carbocycles. The number of thiazole rings is 1. The van der Waals surface area contributed by atoms with E-state index in [0.29, 0.717) is 12.5 Å². The largest absolute Gasteiger partial charge is 0.381 e. The van der Waals surface area contributed by atoms with E-state index in [1.165, 1.54) is 0 Å². The Morgan fingerprint density at radius 2 is 2.25 bits per heavy atom. The van der Waals surface area contributed by atoms with Gasteiger partial charge in [-0.15, -0.1) is 22.7 Å². The lowest BCUT2D eigenvalue weighted by Crippen LogP contribution is -1.99. The van der Waals surface area contributed by atoms with E-state index >= 15 is 0 Å². The Balaban J connectivity index is 1.61. The third-order valence-corrected chi connectivity index (χ3v) is 5.07. The number of hydrogen-bond acceptors (Lipinski definition) is 7. The van der Waals surface area contributed by atoms with Crippen molar-refractivity contribution in [3.8, 4) is 21.5 Å². The fourth-order valence-electron chi connectivity index (χ4n) is 2.13. The van der Waals surface area contributed by atoms with E-state index in [0.717, 1.165) is 34.4 Å². The van der Waals surface area contributed by atoms with E-state index in [2.05, 4.69) is 21.2 Å². The molecule has 4 rings (SSSR count). The molecule has 1 atom stereocenters. The zero-order valence-corrected chi connectivity index (χ0v) is 12.1. The maximum absolute atomic E-state index is 5.35. The van der Waals surface area contributed by atoms with Crippen LogP contribution < -0.4 is 0 Å². The van der Waals surface area contributed by atoms with Crippen molar-refractivity contribution < 1.29 is 9.26 Å². The molecule has 3 aromatic rings. The van der Waals surface area contributed by atoms with Crippen molar-refractivity contribution in [1.29, 1.82) is 0 Å². The monoisotopic (exact) mass is 305 g/mol. The normalized spacial score (nSPS) is 18.7. The number of hydrogen-bond donors (Lipinski definition) is 0. The molecule has 20 heavy (non-hydrogen) atoms. The molecule has 1 fully saturated rings. The molecule has 5 nitrogen and oxygen atoms in total. The summed E-state index contributed by atoms with van der Waals surface area (Å²) in [4.78, 5) is 10.2. The number of nitrogens with zero attached hydrogens (tertiary/aromatic N) is 3. The molecule has 4 heterocycles. The van der Waals surface area contributed by atoms with E-state index in [1.807, 2.05) is 16.8 Å². The van der Waals surface area contributed by atoms with Gasteiger partial charge in [-0.1, -0.05) is 11.2 Å². The van der Waals surface area contributed by atoms with Crippen LogP contribution in [0.15, 0.2) is 27.4 Å². The van der Waals surface area contributed by atoms with Crippen molar-refractivity contribution in [2.75, 3.05) is 13.2 Å². The fraction of sp³-hybridized carbons (Fsp3) is 0.308. The molecular formula is C13H11N3O2S2. The van der Waals surface area contributed by atoms with Gasteiger partial charge in [-0.2, -0.15) is 4.98 Å². The smallest absolute Gasteiger partial charge is 0.277 e. The lowest BCUT2D eigenvalue weighted by Gasteiger charge is -1.97. The van der Waals surface area contributed by atoms with Gasteiger partial charge in [0, 0.05) is 17.9 Å². The Kier molecular flexibility index (Phi) is 3.10. The standard InChI is InChI=1S/C13H11N3O2S2/c1-2-10(19-5-1)13-14-9(7-20-13)12-15-11(16-18-12)8-3-4-17-6-8/h1-2,5,7-8H,3-4,6H2/t8-/m1/s1. The van der Waals surface area contributed by atoms with Crippen molar-refractivity contribution in [1.82, 2.24) is 15.1 Å². The molecule has 3 aromatic heterocycles. The molecule has 1 aliphatic heterocycles. The van der Waals surface area contributed by atoms with Gasteiger partial charge in [-0.25, -0.2) is 4.98 Å². The maximum Gasteiger partial charge on any atom is 0.277 e. The third-order valence-electron chi connectivity index (χ3n) is 3.19. The number of ether oxygens (including phenoxy) is 1. The van der Waals surface area contributed by atoms with Crippen molar-refractivity contribution in [3.63, 3.8) is 0 Å². The van der Waals surface area contributed by atoms with Gasteiger partial charge in [0.25, 0.3) is 5.89 Å². The highest BCUT2D eigenvalue weighted by Gasteiger charge is 2.24. The maximum atomic E-state index is 5.35. The highest BCUT2D eigenvalue weighted by molar-refractivity contribution is 7.20. The zero-order valence-electron chi connectivity index (χ0n) is 10.5. The van der Waals surface area contributed by atoms with Crippen LogP contribution in [0.25, 0.3) is 21.5 Å². The molecule has 1 saturated heterocycles. The van der Waals surface area contributed by atoms with Gasteiger partial charge in [-0.3, -0.25) is 0 Å². The first-order chi connectivity index (χ1) is 9.90. The second kappa shape index (κ2) is 5.08. The quantitative estimate of drug-likeness (QED) is 0.742. The van der Waals surface area contributed by atoms with E-state index in [4.69, 9.17) is 9.26 Å². The van der Waals surface area contributed by atoms with Crippen LogP contribution in [0.2, 0.25) is 0 Å². The van der Waals surface area contributed by atoms with Crippen molar-refractivity contribution in [3.05, 3.63) is 28.7 Å². The number of rotatable bonds is 3. The van der Waals surface area contributed by atoms with Gasteiger partial charge in [0.1, 0.15) is 10.7 Å². The zero-order chi connectivity index (χ0) is 13.4. The first kappa shape index (κ1) is 12.2. The minimum atomic E-state index is 0.253. The lowest BCUT2D eigenvalue weighted by molar-refractivity contribution is 0.192. The lowest BCUT2D eigenvalue weighted by atomic mass is 10.1. The Morgan fingerprint density at radius 3 is 3.05 bits per heavy atom. The van der Waals surface area contributed by atoms with Crippen LogP contribution in [0.4, 0.5) is 0 Å². The molecule has 0 aliphatic carbocycles. The van der Waals surface area contributed by atoms with E-state index < -0.39 is 0 Å². The van der Waals surface area contributed by atoms with Gasteiger partial charge >= 0.3 is 0 Å². The molecule has 0 N–H and O–H groups in total. The van der Waals surface area contributed by atoms with Gasteiger partial charge in [0.05, 0.1) is 11.5 Å². The Bertz CT molecular complexity index is 699. The molecule has 0 bridgehead atoms. The van der Waals surface area contributed by atoms with Gasteiger partial charge in [-0.05, 0) is 17.9 Å². The molecule has 1 aliphatic rings. The molecule has 0 radical (unpaired) electrons. The Hall–Kier alpha value is -1.57.